The maximum Gasteiger partial charge on any atom is 0.277 e. The normalized spacial score (nSPS) is 11.0. The van der Waals surface area contributed by atoms with E-state index < -0.39 is 0 Å². The van der Waals surface area contributed by atoms with E-state index in [1.807, 2.05) is 72.8 Å². The summed E-state index contributed by atoms with van der Waals surface area (Å²) in [6.07, 6.45) is 1.68. The number of rotatable bonds is 6. The van der Waals surface area contributed by atoms with Crippen LogP contribution in [0, 0.1) is 0 Å². The van der Waals surface area contributed by atoms with Crippen molar-refractivity contribution in [3.63, 3.8) is 0 Å². The smallest absolute Gasteiger partial charge is 0.277 e. The fraction of sp³-hybridized carbons (Fsp3) is 0.0952. The predicted octanol–water partition coefficient (Wildman–Crippen LogP) is 3.67. The first-order valence-corrected chi connectivity index (χ1v) is 8.26. The first-order chi connectivity index (χ1) is 12.7. The van der Waals surface area contributed by atoms with Gasteiger partial charge in [-0.1, -0.05) is 54.6 Å². The second-order valence-corrected chi connectivity index (χ2v) is 5.60. The van der Waals surface area contributed by atoms with E-state index in [9.17, 15) is 4.79 Å². The Kier molecular flexibility index (Phi) is 5.72. The minimum absolute atomic E-state index is 0.122. The van der Waals surface area contributed by atoms with Crippen LogP contribution in [0.4, 0.5) is 0 Å². The van der Waals surface area contributed by atoms with E-state index >= 15 is 0 Å². The molecular weight excluding hydrogens is 326 g/mol. The number of hydrogen-bond donors (Lipinski definition) is 1. The number of amides is 1. The van der Waals surface area contributed by atoms with Crippen molar-refractivity contribution in [2.45, 2.75) is 6.92 Å². The van der Waals surface area contributed by atoms with Crippen molar-refractivity contribution in [3.05, 3.63) is 84.7 Å². The number of carbonyl (C=O) groups excluding carboxylic acids is 1. The number of nitrogens with zero attached hydrogens (tertiary/aromatic N) is 2. The predicted molar refractivity (Wildman–Crippen MR) is 102 cm³/mol. The quantitative estimate of drug-likeness (QED) is 0.548. The highest BCUT2D eigenvalue weighted by atomic mass is 16.5. The molecule has 0 fully saturated rings. The van der Waals surface area contributed by atoms with E-state index in [1.165, 1.54) is 0 Å². The van der Waals surface area contributed by atoms with Crippen LogP contribution < -0.4 is 10.2 Å². The molecule has 0 radical (unpaired) electrons. The maximum atomic E-state index is 12.0. The number of aromatic nitrogens is 1. The van der Waals surface area contributed by atoms with Crippen LogP contribution in [0.25, 0.3) is 11.1 Å². The van der Waals surface area contributed by atoms with Gasteiger partial charge < -0.3 is 4.74 Å². The monoisotopic (exact) mass is 345 g/mol. The summed E-state index contributed by atoms with van der Waals surface area (Å²) in [7, 11) is 0. The Morgan fingerprint density at radius 1 is 1.00 bits per heavy atom. The van der Waals surface area contributed by atoms with Crippen molar-refractivity contribution in [1.29, 1.82) is 0 Å². The van der Waals surface area contributed by atoms with Crippen LogP contribution in [-0.2, 0) is 4.79 Å². The minimum Gasteiger partial charge on any atom is -0.483 e. The standard InChI is InChI=1S/C21H19N3O2/c1-16(19-12-7-8-14-22-19)23-24-21(25)15-26-20-13-6-5-11-18(20)17-9-3-2-4-10-17/h2-14H,15H2,1H3,(H,24,25). The Hall–Kier alpha value is -3.47. The van der Waals surface area contributed by atoms with Gasteiger partial charge in [0.25, 0.3) is 5.91 Å². The van der Waals surface area contributed by atoms with Gasteiger partial charge in [-0.3, -0.25) is 9.78 Å². The van der Waals surface area contributed by atoms with Gasteiger partial charge >= 0.3 is 0 Å². The lowest BCUT2D eigenvalue weighted by Gasteiger charge is -2.11. The molecule has 1 aromatic heterocycles. The lowest BCUT2D eigenvalue weighted by molar-refractivity contribution is -0.123. The molecule has 26 heavy (non-hydrogen) atoms. The van der Waals surface area contributed by atoms with Crippen molar-refractivity contribution in [2.24, 2.45) is 5.10 Å². The van der Waals surface area contributed by atoms with Crippen molar-refractivity contribution in [2.75, 3.05) is 6.61 Å². The van der Waals surface area contributed by atoms with E-state index in [0.29, 0.717) is 17.2 Å². The van der Waals surface area contributed by atoms with E-state index in [2.05, 4.69) is 15.5 Å². The molecule has 2 aromatic carbocycles. The minimum atomic E-state index is -0.330. The lowest BCUT2D eigenvalue weighted by atomic mass is 10.1. The molecule has 5 nitrogen and oxygen atoms in total. The summed E-state index contributed by atoms with van der Waals surface area (Å²) in [5.74, 6) is 0.322. The molecule has 0 saturated heterocycles. The summed E-state index contributed by atoms with van der Waals surface area (Å²) in [5, 5.41) is 4.06. The number of para-hydroxylation sites is 1. The molecule has 3 aromatic rings. The zero-order valence-corrected chi connectivity index (χ0v) is 14.4. The maximum absolute atomic E-state index is 12.0. The number of benzene rings is 2. The molecule has 0 saturated carbocycles. The van der Waals surface area contributed by atoms with Crippen molar-refractivity contribution >= 4 is 11.6 Å². The second-order valence-electron chi connectivity index (χ2n) is 5.60. The van der Waals surface area contributed by atoms with Crippen molar-refractivity contribution in [3.8, 4) is 16.9 Å². The third-order valence-electron chi connectivity index (χ3n) is 3.71. The zero-order valence-electron chi connectivity index (χ0n) is 14.4. The first-order valence-electron chi connectivity index (χ1n) is 8.26. The summed E-state index contributed by atoms with van der Waals surface area (Å²) in [6.45, 7) is 1.66. The summed E-state index contributed by atoms with van der Waals surface area (Å²) in [6, 6.07) is 23.1. The summed E-state index contributed by atoms with van der Waals surface area (Å²) in [4.78, 5) is 16.2. The fourth-order valence-corrected chi connectivity index (χ4v) is 2.40. The van der Waals surface area contributed by atoms with Crippen LogP contribution in [0.3, 0.4) is 0 Å². The Morgan fingerprint density at radius 2 is 1.73 bits per heavy atom. The number of hydrogen-bond acceptors (Lipinski definition) is 4. The van der Waals surface area contributed by atoms with Gasteiger partial charge in [0.2, 0.25) is 0 Å². The van der Waals surface area contributed by atoms with Gasteiger partial charge in [0, 0.05) is 11.8 Å². The molecule has 3 rings (SSSR count). The van der Waals surface area contributed by atoms with Crippen LogP contribution in [0.2, 0.25) is 0 Å². The van der Waals surface area contributed by atoms with Crippen LogP contribution in [-0.4, -0.2) is 23.2 Å². The van der Waals surface area contributed by atoms with Gasteiger partial charge in [0.1, 0.15) is 5.75 Å². The van der Waals surface area contributed by atoms with Gasteiger partial charge in [-0.15, -0.1) is 0 Å². The largest absolute Gasteiger partial charge is 0.483 e. The fourth-order valence-electron chi connectivity index (χ4n) is 2.40. The van der Waals surface area contributed by atoms with E-state index in [4.69, 9.17) is 4.74 Å². The molecule has 0 bridgehead atoms. The van der Waals surface area contributed by atoms with Crippen molar-refractivity contribution in [1.82, 2.24) is 10.4 Å². The Labute approximate surface area is 152 Å². The van der Waals surface area contributed by atoms with Crippen LogP contribution in [0.5, 0.6) is 5.75 Å². The zero-order chi connectivity index (χ0) is 18.2. The number of ether oxygens (including phenoxy) is 1. The lowest BCUT2D eigenvalue weighted by Crippen LogP contribution is -2.25. The van der Waals surface area contributed by atoms with Gasteiger partial charge in [0.05, 0.1) is 11.4 Å². The summed E-state index contributed by atoms with van der Waals surface area (Å²) >= 11 is 0. The second kappa shape index (κ2) is 8.58. The SMILES string of the molecule is CC(=NNC(=O)COc1ccccc1-c1ccccc1)c1ccccn1. The topological polar surface area (TPSA) is 63.6 Å². The van der Waals surface area contributed by atoms with E-state index in [1.54, 1.807) is 13.1 Å². The van der Waals surface area contributed by atoms with Crippen LogP contribution in [0.15, 0.2) is 84.1 Å². The van der Waals surface area contributed by atoms with Gasteiger partial charge in [-0.25, -0.2) is 5.43 Å². The molecule has 1 N–H and O–H groups in total. The highest BCUT2D eigenvalue weighted by Crippen LogP contribution is 2.29. The average molecular weight is 345 g/mol. The Bertz CT molecular complexity index is 893. The van der Waals surface area contributed by atoms with Crippen molar-refractivity contribution < 1.29 is 9.53 Å². The highest BCUT2D eigenvalue weighted by Gasteiger charge is 2.08. The first kappa shape index (κ1) is 17.4. The van der Waals surface area contributed by atoms with Crippen LogP contribution >= 0.6 is 0 Å². The molecular formula is C21H19N3O2. The number of carbonyl (C=O) groups is 1. The summed E-state index contributed by atoms with van der Waals surface area (Å²) < 4.78 is 5.69. The third kappa shape index (κ3) is 4.54. The Balaban J connectivity index is 1.62. The Morgan fingerprint density at radius 3 is 2.50 bits per heavy atom. The van der Waals surface area contributed by atoms with Gasteiger partial charge in [0.15, 0.2) is 6.61 Å². The molecule has 0 spiro atoms. The molecule has 0 atom stereocenters. The van der Waals surface area contributed by atoms with E-state index in [0.717, 1.165) is 11.1 Å². The highest BCUT2D eigenvalue weighted by molar-refractivity contribution is 5.97. The number of nitrogens with one attached hydrogen (secondary N) is 1. The van der Waals surface area contributed by atoms with E-state index in [-0.39, 0.29) is 12.5 Å². The van der Waals surface area contributed by atoms with Gasteiger partial charge in [-0.05, 0) is 30.7 Å². The molecule has 5 heteroatoms. The molecule has 0 aliphatic carbocycles. The molecule has 0 unspecified atom stereocenters. The molecule has 0 aliphatic heterocycles. The number of pyridine rings is 1. The summed E-state index contributed by atoms with van der Waals surface area (Å²) in [5.41, 5.74) is 5.81. The molecule has 130 valence electrons. The van der Waals surface area contributed by atoms with Crippen LogP contribution in [0.1, 0.15) is 12.6 Å². The molecule has 0 aliphatic rings. The molecule has 1 amide bonds. The van der Waals surface area contributed by atoms with Gasteiger partial charge in [-0.2, -0.15) is 5.10 Å². The number of hydrazone groups is 1. The molecule has 1 heterocycles. The third-order valence-corrected chi connectivity index (χ3v) is 3.71. The average Bonchev–Trinajstić information content (AvgIpc) is 2.72.